The average molecular weight is 617 g/mol. The predicted octanol–water partition coefficient (Wildman–Crippen LogP) is 4.92. The van der Waals surface area contributed by atoms with Crippen LogP contribution in [0.1, 0.15) is 23.4 Å². The zero-order valence-electron chi connectivity index (χ0n) is 19.2. The maximum atomic E-state index is 13.4. The maximum absolute atomic E-state index is 13.4. The van der Waals surface area contributed by atoms with E-state index in [1.54, 1.807) is 17.0 Å². The summed E-state index contributed by atoms with van der Waals surface area (Å²) in [6.07, 6.45) is 1.09. The first-order valence-electron chi connectivity index (χ1n) is 11.6. The Labute approximate surface area is 227 Å². The maximum Gasteiger partial charge on any atom is 0.289 e. The van der Waals surface area contributed by atoms with E-state index in [4.69, 9.17) is 32.4 Å². The molecule has 2 aromatic carbocycles. The molecule has 2 saturated heterocycles. The summed E-state index contributed by atoms with van der Waals surface area (Å²) in [5, 5.41) is 2.25. The Bertz CT molecular complexity index is 1390. The number of ether oxygens (including phenoxy) is 1. The van der Waals surface area contributed by atoms with E-state index in [2.05, 4.69) is 21.4 Å². The lowest BCUT2D eigenvalue weighted by Gasteiger charge is -2.25. The van der Waals surface area contributed by atoms with E-state index in [1.165, 1.54) is 12.1 Å². The number of carbonyl (C=O) groups excluding carboxylic acids is 1. The molecule has 3 heterocycles. The van der Waals surface area contributed by atoms with Crippen LogP contribution in [-0.2, 0) is 14.6 Å². The molecule has 2 aliphatic rings. The molecule has 0 spiro atoms. The number of hydrogen-bond donors (Lipinski definition) is 1. The summed E-state index contributed by atoms with van der Waals surface area (Å²) in [7, 11) is -3.74. The average Bonchev–Trinajstić information content (AvgIpc) is 3.15. The third-order valence-electron chi connectivity index (χ3n) is 6.47. The summed E-state index contributed by atoms with van der Waals surface area (Å²) in [5.41, 5.74) is 4.68. The van der Waals surface area contributed by atoms with Crippen LogP contribution in [0.25, 0.3) is 11.0 Å². The molecule has 8 nitrogen and oxygen atoms in total. The number of nitrogens with zero attached hydrogens (tertiary/aromatic N) is 2. The van der Waals surface area contributed by atoms with Crippen molar-refractivity contribution in [3.05, 3.63) is 56.7 Å². The van der Waals surface area contributed by atoms with Gasteiger partial charge in [0.2, 0.25) is 0 Å². The number of morpholine rings is 1. The molecule has 0 radical (unpaired) electrons. The van der Waals surface area contributed by atoms with E-state index >= 15 is 0 Å². The smallest absolute Gasteiger partial charge is 0.289 e. The number of carbonyl (C=O) groups is 1. The zero-order valence-corrected chi connectivity index (χ0v) is 23.1. The SMILES string of the molecule is O=C(c1cc2c(Br)c(N3CCCC(S(=O)(=O)c4c(Cl)cccc4Cl)CN3)ccc2o1)N1CCOCC1. The van der Waals surface area contributed by atoms with Crippen LogP contribution < -0.4 is 10.4 Å². The van der Waals surface area contributed by atoms with Crippen molar-refractivity contribution in [2.45, 2.75) is 23.0 Å². The first-order chi connectivity index (χ1) is 17.3. The van der Waals surface area contributed by atoms with Gasteiger partial charge in [-0.1, -0.05) is 29.3 Å². The number of hydrazine groups is 1. The second-order valence-corrected chi connectivity index (χ2v) is 12.5. The zero-order chi connectivity index (χ0) is 25.4. The van der Waals surface area contributed by atoms with Crippen molar-refractivity contribution in [1.82, 2.24) is 10.3 Å². The van der Waals surface area contributed by atoms with Gasteiger partial charge in [0, 0.05) is 31.6 Å². The minimum atomic E-state index is -3.74. The van der Waals surface area contributed by atoms with Crippen LogP contribution in [0.15, 0.2) is 50.2 Å². The highest BCUT2D eigenvalue weighted by Gasteiger charge is 2.33. The van der Waals surface area contributed by atoms with E-state index in [-0.39, 0.29) is 33.2 Å². The Kier molecular flexibility index (Phi) is 7.54. The van der Waals surface area contributed by atoms with Crippen LogP contribution in [-0.4, -0.2) is 63.9 Å². The number of anilines is 1. The van der Waals surface area contributed by atoms with Gasteiger partial charge in [0.05, 0.1) is 38.7 Å². The van der Waals surface area contributed by atoms with E-state index in [1.807, 2.05) is 17.1 Å². The van der Waals surface area contributed by atoms with Gasteiger partial charge in [0.15, 0.2) is 15.6 Å². The fourth-order valence-corrected chi connectivity index (χ4v) is 8.05. The van der Waals surface area contributed by atoms with Crippen LogP contribution in [0.2, 0.25) is 10.0 Å². The second kappa shape index (κ2) is 10.5. The molecule has 12 heteroatoms. The Hall–Kier alpha value is -1.82. The molecule has 0 aliphatic carbocycles. The highest BCUT2D eigenvalue weighted by Crippen LogP contribution is 2.37. The molecule has 0 bridgehead atoms. The van der Waals surface area contributed by atoms with Crippen molar-refractivity contribution in [3.63, 3.8) is 0 Å². The van der Waals surface area contributed by atoms with E-state index < -0.39 is 15.1 Å². The van der Waals surface area contributed by atoms with Gasteiger partial charge in [0.1, 0.15) is 10.5 Å². The fourth-order valence-electron chi connectivity index (χ4n) is 4.56. The molecule has 1 N–H and O–H groups in total. The van der Waals surface area contributed by atoms with Gasteiger partial charge in [-0.25, -0.2) is 13.8 Å². The van der Waals surface area contributed by atoms with Crippen molar-refractivity contribution in [3.8, 4) is 0 Å². The van der Waals surface area contributed by atoms with Crippen LogP contribution in [0, 0.1) is 0 Å². The number of furan rings is 1. The molecule has 1 amide bonds. The predicted molar refractivity (Wildman–Crippen MR) is 143 cm³/mol. The van der Waals surface area contributed by atoms with Gasteiger partial charge in [-0.3, -0.25) is 4.79 Å². The topological polar surface area (TPSA) is 92.1 Å². The summed E-state index contributed by atoms with van der Waals surface area (Å²) in [4.78, 5) is 14.6. The van der Waals surface area contributed by atoms with Crippen LogP contribution in [0.3, 0.4) is 0 Å². The molecule has 2 fully saturated rings. The van der Waals surface area contributed by atoms with Crippen LogP contribution >= 0.6 is 39.1 Å². The van der Waals surface area contributed by atoms with Gasteiger partial charge >= 0.3 is 0 Å². The lowest BCUT2D eigenvalue weighted by molar-refractivity contribution is 0.0284. The molecule has 1 unspecified atom stereocenters. The number of benzene rings is 2. The molecule has 192 valence electrons. The Morgan fingerprint density at radius 1 is 1.08 bits per heavy atom. The first kappa shape index (κ1) is 25.8. The van der Waals surface area contributed by atoms with Crippen LogP contribution in [0.4, 0.5) is 5.69 Å². The minimum Gasteiger partial charge on any atom is -0.451 e. The molecule has 1 atom stereocenters. The Morgan fingerprint density at radius 2 is 1.81 bits per heavy atom. The highest BCUT2D eigenvalue weighted by atomic mass is 79.9. The largest absolute Gasteiger partial charge is 0.451 e. The van der Waals surface area contributed by atoms with E-state index in [0.717, 1.165) is 15.5 Å². The van der Waals surface area contributed by atoms with Gasteiger partial charge in [-0.15, -0.1) is 0 Å². The molecule has 0 saturated carbocycles. The summed E-state index contributed by atoms with van der Waals surface area (Å²) in [6.45, 7) is 2.87. The van der Waals surface area contributed by atoms with Gasteiger partial charge in [-0.2, -0.15) is 0 Å². The first-order valence-corrected chi connectivity index (χ1v) is 14.6. The van der Waals surface area contributed by atoms with E-state index in [9.17, 15) is 13.2 Å². The molecular weight excluding hydrogens is 593 g/mol. The second-order valence-electron chi connectivity index (χ2n) is 8.70. The molecule has 5 rings (SSSR count). The summed E-state index contributed by atoms with van der Waals surface area (Å²) < 4.78 is 38.7. The van der Waals surface area contributed by atoms with Crippen molar-refractivity contribution in [2.24, 2.45) is 0 Å². The Morgan fingerprint density at radius 3 is 2.53 bits per heavy atom. The van der Waals surface area contributed by atoms with Crippen LogP contribution in [0.5, 0.6) is 0 Å². The molecule has 1 aromatic heterocycles. The number of hydrogen-bond acceptors (Lipinski definition) is 7. The lowest BCUT2D eigenvalue weighted by Crippen LogP contribution is -2.42. The quantitative estimate of drug-likeness (QED) is 0.445. The monoisotopic (exact) mass is 615 g/mol. The molecule has 36 heavy (non-hydrogen) atoms. The Balaban J connectivity index is 1.37. The van der Waals surface area contributed by atoms with Crippen molar-refractivity contribution >= 4 is 71.5 Å². The van der Waals surface area contributed by atoms with Gasteiger partial charge in [-0.05, 0) is 59.1 Å². The molecule has 2 aliphatic heterocycles. The van der Waals surface area contributed by atoms with Gasteiger partial charge < -0.3 is 19.1 Å². The minimum absolute atomic E-state index is 0.0213. The third kappa shape index (κ3) is 4.87. The number of fused-ring (bicyclic) bond motifs is 1. The number of sulfone groups is 1. The summed E-state index contributed by atoms with van der Waals surface area (Å²) >= 11 is 16.1. The van der Waals surface area contributed by atoms with Crippen molar-refractivity contribution in [2.75, 3.05) is 44.4 Å². The van der Waals surface area contributed by atoms with Crippen molar-refractivity contribution < 1.29 is 22.4 Å². The fraction of sp³-hybridized carbons (Fsp3) is 0.375. The number of nitrogens with one attached hydrogen (secondary N) is 1. The normalized spacial score (nSPS) is 19.5. The number of amides is 1. The summed E-state index contributed by atoms with van der Waals surface area (Å²) in [5.74, 6) is 0.110. The van der Waals surface area contributed by atoms with E-state index in [0.29, 0.717) is 51.3 Å². The standard InChI is InChI=1S/C24H24BrCl2N3O5S/c25-22-16-13-21(24(31)29-9-11-34-12-10-29)35-20(16)7-6-19(22)30-8-2-3-15(14-28-30)36(32,33)23-17(26)4-1-5-18(23)27/h1,4-7,13,15,28H,2-3,8-12,14H2. The molecular formula is C24H24BrCl2N3O5S. The third-order valence-corrected chi connectivity index (χ3v) is 10.5. The number of rotatable bonds is 4. The molecule has 3 aromatic rings. The number of halogens is 3. The van der Waals surface area contributed by atoms with Gasteiger partial charge in [0.25, 0.3) is 5.91 Å². The van der Waals surface area contributed by atoms with Crippen molar-refractivity contribution in [1.29, 1.82) is 0 Å². The summed E-state index contributed by atoms with van der Waals surface area (Å²) in [6, 6.07) is 10.1. The lowest BCUT2D eigenvalue weighted by atomic mass is 10.2. The highest BCUT2D eigenvalue weighted by molar-refractivity contribution is 9.10.